The van der Waals surface area contributed by atoms with Gasteiger partial charge in [-0.25, -0.2) is 0 Å². The molecule has 0 bridgehead atoms. The number of hydrogen-bond acceptors (Lipinski definition) is 4. The summed E-state index contributed by atoms with van der Waals surface area (Å²) < 4.78 is 5.13. The Labute approximate surface area is 184 Å². The minimum absolute atomic E-state index is 0.0390. The molecule has 0 unspecified atom stereocenters. The van der Waals surface area contributed by atoms with Crippen molar-refractivity contribution in [2.75, 3.05) is 32.1 Å². The van der Waals surface area contributed by atoms with E-state index in [0.717, 1.165) is 5.75 Å². The number of ether oxygens (including phenoxy) is 1. The molecule has 1 aliphatic heterocycles. The predicted molar refractivity (Wildman–Crippen MR) is 117 cm³/mol. The summed E-state index contributed by atoms with van der Waals surface area (Å²) in [4.78, 5) is 27.1. The van der Waals surface area contributed by atoms with E-state index in [1.54, 1.807) is 31.4 Å². The van der Waals surface area contributed by atoms with Crippen LogP contribution in [0, 0.1) is 5.92 Å². The predicted octanol–water partition coefficient (Wildman–Crippen LogP) is 5.19. The summed E-state index contributed by atoms with van der Waals surface area (Å²) in [5, 5.41) is 3.73. The minimum Gasteiger partial charge on any atom is -0.497 e. The SMILES string of the molecule is COc1ccc(C(=O)C2CCN(CC(=O)Nc3c(Cl)cc(Cl)cc3Cl)CC2)cc1. The van der Waals surface area contributed by atoms with Crippen LogP contribution in [0.5, 0.6) is 5.75 Å². The Morgan fingerprint density at radius 2 is 1.66 bits per heavy atom. The van der Waals surface area contributed by atoms with Gasteiger partial charge in [0.05, 0.1) is 29.4 Å². The van der Waals surface area contributed by atoms with Crippen molar-refractivity contribution in [3.63, 3.8) is 0 Å². The lowest BCUT2D eigenvalue weighted by molar-refractivity contribution is -0.117. The van der Waals surface area contributed by atoms with E-state index in [-0.39, 0.29) is 24.2 Å². The average Bonchev–Trinajstić information content (AvgIpc) is 2.71. The second-order valence-corrected chi connectivity index (χ2v) is 8.19. The standard InChI is InChI=1S/C21H21Cl3N2O3/c1-29-16-4-2-13(3-5-16)21(28)14-6-8-26(9-7-14)12-19(27)25-20-17(23)10-15(22)11-18(20)24/h2-5,10-11,14H,6-9,12H2,1H3,(H,25,27). The number of carbonyl (C=O) groups excluding carboxylic acids is 2. The molecule has 0 aliphatic carbocycles. The van der Waals surface area contributed by atoms with Crippen LogP contribution < -0.4 is 10.1 Å². The van der Waals surface area contributed by atoms with Crippen molar-refractivity contribution in [1.82, 2.24) is 4.90 Å². The van der Waals surface area contributed by atoms with Crippen LogP contribution in [0.25, 0.3) is 0 Å². The quantitative estimate of drug-likeness (QED) is 0.609. The zero-order valence-electron chi connectivity index (χ0n) is 15.9. The second kappa shape index (κ2) is 9.81. The Morgan fingerprint density at radius 3 is 2.21 bits per heavy atom. The molecule has 1 N–H and O–H groups in total. The van der Waals surface area contributed by atoms with Crippen molar-refractivity contribution < 1.29 is 14.3 Å². The van der Waals surface area contributed by atoms with E-state index in [2.05, 4.69) is 5.32 Å². The van der Waals surface area contributed by atoms with E-state index in [4.69, 9.17) is 39.5 Å². The number of hydrogen-bond donors (Lipinski definition) is 1. The number of methoxy groups -OCH3 is 1. The van der Waals surface area contributed by atoms with Crippen molar-refractivity contribution in [3.05, 3.63) is 57.0 Å². The summed E-state index contributed by atoms with van der Waals surface area (Å²) in [6, 6.07) is 10.2. The molecule has 0 saturated carbocycles. The van der Waals surface area contributed by atoms with Crippen LogP contribution in [0.2, 0.25) is 15.1 Å². The maximum Gasteiger partial charge on any atom is 0.238 e. The molecule has 1 heterocycles. The molecule has 1 fully saturated rings. The van der Waals surface area contributed by atoms with Crippen molar-refractivity contribution in [2.45, 2.75) is 12.8 Å². The number of carbonyl (C=O) groups is 2. The molecule has 1 amide bonds. The zero-order valence-corrected chi connectivity index (χ0v) is 18.2. The first kappa shape index (κ1) is 21.9. The maximum absolute atomic E-state index is 12.7. The number of Topliss-reactive ketones (excluding diaryl/α,β-unsaturated/α-hetero) is 1. The summed E-state index contributed by atoms with van der Waals surface area (Å²) in [5.74, 6) is 0.610. The number of amides is 1. The molecular weight excluding hydrogens is 435 g/mol. The fourth-order valence-corrected chi connectivity index (χ4v) is 4.30. The van der Waals surface area contributed by atoms with E-state index in [9.17, 15) is 9.59 Å². The fraction of sp³-hybridized carbons (Fsp3) is 0.333. The number of likely N-dealkylation sites (tertiary alicyclic amines) is 1. The van der Waals surface area contributed by atoms with Crippen molar-refractivity contribution >= 4 is 52.2 Å². The molecule has 8 heteroatoms. The summed E-state index contributed by atoms with van der Waals surface area (Å²) in [5.41, 5.74) is 1.04. The highest BCUT2D eigenvalue weighted by molar-refractivity contribution is 6.42. The molecule has 0 radical (unpaired) electrons. The monoisotopic (exact) mass is 454 g/mol. The molecule has 2 aromatic carbocycles. The highest BCUT2D eigenvalue weighted by Gasteiger charge is 2.27. The third-order valence-electron chi connectivity index (χ3n) is 4.97. The molecule has 5 nitrogen and oxygen atoms in total. The molecular formula is C21H21Cl3N2O3. The van der Waals surface area contributed by atoms with Gasteiger partial charge in [0, 0.05) is 16.5 Å². The number of nitrogens with one attached hydrogen (secondary N) is 1. The van der Waals surface area contributed by atoms with Gasteiger partial charge in [-0.15, -0.1) is 0 Å². The van der Waals surface area contributed by atoms with Crippen LogP contribution in [-0.4, -0.2) is 43.3 Å². The summed E-state index contributed by atoms with van der Waals surface area (Å²) in [6.45, 7) is 1.54. The van der Waals surface area contributed by atoms with E-state index in [1.807, 2.05) is 4.90 Å². The van der Waals surface area contributed by atoms with Crippen molar-refractivity contribution in [3.8, 4) is 5.75 Å². The lowest BCUT2D eigenvalue weighted by Gasteiger charge is -2.30. The zero-order chi connectivity index (χ0) is 21.0. The van der Waals surface area contributed by atoms with Crippen LogP contribution >= 0.6 is 34.8 Å². The van der Waals surface area contributed by atoms with Gasteiger partial charge in [-0.1, -0.05) is 34.8 Å². The molecule has 2 aromatic rings. The van der Waals surface area contributed by atoms with Gasteiger partial charge in [0.15, 0.2) is 5.78 Å². The van der Waals surface area contributed by atoms with Gasteiger partial charge in [0.2, 0.25) is 5.91 Å². The van der Waals surface area contributed by atoms with Crippen LogP contribution in [0.4, 0.5) is 5.69 Å². The Morgan fingerprint density at radius 1 is 1.07 bits per heavy atom. The molecule has 0 aromatic heterocycles. The summed E-state index contributed by atoms with van der Waals surface area (Å²) >= 11 is 18.1. The highest BCUT2D eigenvalue weighted by atomic mass is 35.5. The van der Waals surface area contributed by atoms with Gasteiger partial charge < -0.3 is 10.1 Å². The van der Waals surface area contributed by atoms with Gasteiger partial charge in [0.1, 0.15) is 5.75 Å². The Bertz CT molecular complexity index is 872. The molecule has 1 aliphatic rings. The van der Waals surface area contributed by atoms with Gasteiger partial charge >= 0.3 is 0 Å². The fourth-order valence-electron chi connectivity index (χ4n) is 3.39. The van der Waals surface area contributed by atoms with Gasteiger partial charge in [0.25, 0.3) is 0 Å². The van der Waals surface area contributed by atoms with Crippen molar-refractivity contribution in [2.24, 2.45) is 5.92 Å². The first-order valence-electron chi connectivity index (χ1n) is 9.22. The number of ketones is 1. The topological polar surface area (TPSA) is 58.6 Å². The van der Waals surface area contributed by atoms with E-state index in [1.165, 1.54) is 12.1 Å². The Balaban J connectivity index is 1.51. The minimum atomic E-state index is -0.212. The number of nitrogens with zero attached hydrogens (tertiary/aromatic N) is 1. The molecule has 3 rings (SSSR count). The number of anilines is 1. The molecule has 1 saturated heterocycles. The smallest absolute Gasteiger partial charge is 0.238 e. The molecule has 29 heavy (non-hydrogen) atoms. The Hall–Kier alpha value is -1.79. The Kier molecular flexibility index (Phi) is 7.41. The van der Waals surface area contributed by atoms with E-state index >= 15 is 0 Å². The lowest BCUT2D eigenvalue weighted by atomic mass is 9.89. The van der Waals surface area contributed by atoms with Crippen LogP contribution in [0.3, 0.4) is 0 Å². The second-order valence-electron chi connectivity index (χ2n) is 6.94. The van der Waals surface area contributed by atoms with E-state index < -0.39 is 0 Å². The summed E-state index contributed by atoms with van der Waals surface area (Å²) in [7, 11) is 1.59. The third kappa shape index (κ3) is 5.64. The third-order valence-corrected chi connectivity index (χ3v) is 5.79. The largest absolute Gasteiger partial charge is 0.497 e. The van der Waals surface area contributed by atoms with Crippen LogP contribution in [0.15, 0.2) is 36.4 Å². The van der Waals surface area contributed by atoms with Crippen LogP contribution in [0.1, 0.15) is 23.2 Å². The van der Waals surface area contributed by atoms with E-state index in [0.29, 0.717) is 52.2 Å². The molecule has 0 atom stereocenters. The number of rotatable bonds is 6. The summed E-state index contributed by atoms with van der Waals surface area (Å²) in [6.07, 6.45) is 1.42. The molecule has 154 valence electrons. The number of piperidine rings is 1. The first-order valence-corrected chi connectivity index (χ1v) is 10.4. The van der Waals surface area contributed by atoms with Crippen molar-refractivity contribution in [1.29, 1.82) is 0 Å². The lowest BCUT2D eigenvalue weighted by Crippen LogP contribution is -2.40. The first-order chi connectivity index (χ1) is 13.9. The van der Waals surface area contributed by atoms with Gasteiger partial charge in [-0.3, -0.25) is 14.5 Å². The molecule has 0 spiro atoms. The maximum atomic E-state index is 12.7. The van der Waals surface area contributed by atoms with Gasteiger partial charge in [-0.05, 0) is 62.3 Å². The number of halogens is 3. The highest BCUT2D eigenvalue weighted by Crippen LogP contribution is 2.33. The normalized spacial score (nSPS) is 15.2. The average molecular weight is 456 g/mol. The van der Waals surface area contributed by atoms with Gasteiger partial charge in [-0.2, -0.15) is 0 Å². The number of benzene rings is 2. The van der Waals surface area contributed by atoms with Crippen LogP contribution in [-0.2, 0) is 4.79 Å².